The van der Waals surface area contributed by atoms with Crippen LogP contribution in [-0.2, 0) is 16.5 Å². The quantitative estimate of drug-likeness (QED) is 0.0767. The zero-order valence-corrected chi connectivity index (χ0v) is 26.7. The van der Waals surface area contributed by atoms with E-state index in [1.54, 1.807) is 6.07 Å². The molecule has 0 atom stereocenters. The Bertz CT molecular complexity index is 706. The number of unbranched alkanes of at least 4 members (excludes halogenated alkanes) is 22. The molecule has 1 aromatic rings. The summed E-state index contributed by atoms with van der Waals surface area (Å²) in [5.74, 6) is 0. The monoisotopic (exact) mass is 530 g/mol. The molecule has 0 heterocycles. The maximum atomic E-state index is 11.1. The first-order chi connectivity index (χ1) is 17.0. The number of rotatable bonds is 25. The van der Waals surface area contributed by atoms with Crippen LogP contribution in [-0.4, -0.2) is 13.0 Å². The molecule has 1 rings (SSSR count). The first kappa shape index (κ1) is 36.1. The average Bonchev–Trinajstić information content (AvgIpc) is 2.84. The molecule has 0 fully saturated rings. The standard InChI is InChI=1S/C31H56O3S.Na/c1-2-3-4-5-6-7-8-9-10-11-12-13-14-15-16-17-18-19-20-21-22-23-24-26-30-27-25-28-31(29-30)35(32,33)34;/h25,27-29H,2-24,26H2,1H3,(H,32,33,34);/q;+1/p-1. The summed E-state index contributed by atoms with van der Waals surface area (Å²) in [6.45, 7) is 2.29. The number of hydrogen-bond acceptors (Lipinski definition) is 3. The summed E-state index contributed by atoms with van der Waals surface area (Å²) in [5, 5.41) is 0. The molecule has 0 amide bonds. The van der Waals surface area contributed by atoms with E-state index < -0.39 is 10.1 Å². The van der Waals surface area contributed by atoms with E-state index in [2.05, 4.69) is 6.92 Å². The zero-order chi connectivity index (χ0) is 25.5. The number of benzene rings is 1. The van der Waals surface area contributed by atoms with E-state index in [-0.39, 0.29) is 34.5 Å². The van der Waals surface area contributed by atoms with Gasteiger partial charge in [0.1, 0.15) is 10.1 Å². The Kier molecular flexibility index (Phi) is 25.5. The molecule has 3 nitrogen and oxygen atoms in total. The summed E-state index contributed by atoms with van der Waals surface area (Å²) in [5.41, 5.74) is 0.949. The largest absolute Gasteiger partial charge is 1.00 e. The average molecular weight is 531 g/mol. The van der Waals surface area contributed by atoms with Crippen molar-refractivity contribution in [3.8, 4) is 0 Å². The second-order valence-electron chi connectivity index (χ2n) is 10.6. The Morgan fingerprint density at radius 3 is 1.22 bits per heavy atom. The fraction of sp³-hybridized carbons (Fsp3) is 0.806. The van der Waals surface area contributed by atoms with E-state index in [1.165, 1.54) is 153 Å². The van der Waals surface area contributed by atoms with Crippen LogP contribution >= 0.6 is 0 Å². The molecule has 0 saturated heterocycles. The summed E-state index contributed by atoms with van der Waals surface area (Å²) >= 11 is 0. The molecule has 0 unspecified atom stereocenters. The molecule has 204 valence electrons. The first-order valence-electron chi connectivity index (χ1n) is 15.1. The van der Waals surface area contributed by atoms with Crippen molar-refractivity contribution in [1.82, 2.24) is 0 Å². The molecule has 0 saturated carbocycles. The molecule has 0 aromatic heterocycles. The van der Waals surface area contributed by atoms with Crippen LogP contribution in [0.2, 0.25) is 0 Å². The molecule has 0 radical (unpaired) electrons. The van der Waals surface area contributed by atoms with E-state index in [1.807, 2.05) is 6.07 Å². The molecule has 36 heavy (non-hydrogen) atoms. The Morgan fingerprint density at radius 1 is 0.556 bits per heavy atom. The second-order valence-corrected chi connectivity index (χ2v) is 12.0. The predicted octanol–water partition coefficient (Wildman–Crippen LogP) is 7.13. The molecule has 0 aliphatic heterocycles. The smallest absolute Gasteiger partial charge is 0.744 e. The summed E-state index contributed by atoms with van der Waals surface area (Å²) < 4.78 is 33.3. The van der Waals surface area contributed by atoms with E-state index in [4.69, 9.17) is 0 Å². The van der Waals surface area contributed by atoms with Gasteiger partial charge in [-0.15, -0.1) is 0 Å². The van der Waals surface area contributed by atoms with Crippen molar-refractivity contribution < 1.29 is 42.5 Å². The van der Waals surface area contributed by atoms with Crippen LogP contribution in [0.4, 0.5) is 0 Å². The van der Waals surface area contributed by atoms with Crippen molar-refractivity contribution in [3.05, 3.63) is 29.8 Å². The van der Waals surface area contributed by atoms with Gasteiger partial charge < -0.3 is 4.55 Å². The molecule has 0 bridgehead atoms. The van der Waals surface area contributed by atoms with Crippen LogP contribution in [0.5, 0.6) is 0 Å². The molecule has 1 aromatic carbocycles. The molecule has 0 N–H and O–H groups in total. The Hall–Kier alpha value is 0.130. The van der Waals surface area contributed by atoms with Gasteiger partial charge in [-0.2, -0.15) is 0 Å². The molecular weight excluding hydrogens is 475 g/mol. The third kappa shape index (κ3) is 22.1. The van der Waals surface area contributed by atoms with Crippen LogP contribution in [0.1, 0.15) is 160 Å². The fourth-order valence-electron chi connectivity index (χ4n) is 4.97. The number of hydrogen-bond donors (Lipinski definition) is 0. The van der Waals surface area contributed by atoms with Crippen LogP contribution in [0.25, 0.3) is 0 Å². The van der Waals surface area contributed by atoms with Gasteiger partial charge >= 0.3 is 29.6 Å². The third-order valence-corrected chi connectivity index (χ3v) is 8.09. The first-order valence-corrected chi connectivity index (χ1v) is 16.5. The van der Waals surface area contributed by atoms with Crippen LogP contribution in [0.15, 0.2) is 29.2 Å². The van der Waals surface area contributed by atoms with Crippen LogP contribution < -0.4 is 29.6 Å². The van der Waals surface area contributed by atoms with Gasteiger partial charge in [0.2, 0.25) is 0 Å². The van der Waals surface area contributed by atoms with Crippen molar-refractivity contribution in [2.45, 2.75) is 166 Å². The van der Waals surface area contributed by atoms with Gasteiger partial charge in [-0.05, 0) is 30.5 Å². The second kappa shape index (κ2) is 25.4. The van der Waals surface area contributed by atoms with E-state index in [0.29, 0.717) is 0 Å². The molecule has 5 heteroatoms. The Labute approximate surface area is 247 Å². The van der Waals surface area contributed by atoms with Crippen molar-refractivity contribution in [3.63, 3.8) is 0 Å². The summed E-state index contributed by atoms with van der Waals surface area (Å²) in [6.07, 6.45) is 32.7. The van der Waals surface area contributed by atoms with E-state index in [0.717, 1.165) is 18.4 Å². The van der Waals surface area contributed by atoms with Gasteiger partial charge in [0.15, 0.2) is 0 Å². The maximum absolute atomic E-state index is 11.1. The minimum Gasteiger partial charge on any atom is -0.744 e. The molecule has 0 aliphatic rings. The fourth-order valence-corrected chi connectivity index (χ4v) is 5.51. The Balaban J connectivity index is 0.0000122. The van der Waals surface area contributed by atoms with Gasteiger partial charge in [0.05, 0.1) is 4.90 Å². The van der Waals surface area contributed by atoms with Crippen LogP contribution in [0, 0.1) is 0 Å². The van der Waals surface area contributed by atoms with Gasteiger partial charge in [0.25, 0.3) is 0 Å². The van der Waals surface area contributed by atoms with Crippen LogP contribution in [0.3, 0.4) is 0 Å². The summed E-state index contributed by atoms with van der Waals surface area (Å²) in [7, 11) is -4.34. The summed E-state index contributed by atoms with van der Waals surface area (Å²) in [6, 6.07) is 6.48. The topological polar surface area (TPSA) is 57.2 Å². The molecule has 0 spiro atoms. The van der Waals surface area contributed by atoms with Crippen molar-refractivity contribution in [2.75, 3.05) is 0 Å². The minimum absolute atomic E-state index is 0. The van der Waals surface area contributed by atoms with Gasteiger partial charge in [-0.1, -0.05) is 160 Å². The molecule has 0 aliphatic carbocycles. The van der Waals surface area contributed by atoms with Gasteiger partial charge in [0, 0.05) is 0 Å². The minimum atomic E-state index is -4.34. The predicted molar refractivity (Wildman–Crippen MR) is 150 cm³/mol. The van der Waals surface area contributed by atoms with Gasteiger partial charge in [-0.25, -0.2) is 8.42 Å². The van der Waals surface area contributed by atoms with E-state index >= 15 is 0 Å². The number of aryl methyl sites for hydroxylation is 1. The molecular formula is C31H55NaO3S. The SMILES string of the molecule is CCCCCCCCCCCCCCCCCCCCCCCCCc1cccc(S(=O)(=O)[O-])c1.[Na+]. The maximum Gasteiger partial charge on any atom is 1.00 e. The van der Waals surface area contributed by atoms with Crippen molar-refractivity contribution >= 4 is 10.1 Å². The van der Waals surface area contributed by atoms with E-state index in [9.17, 15) is 13.0 Å². The van der Waals surface area contributed by atoms with Crippen molar-refractivity contribution in [2.24, 2.45) is 0 Å². The Morgan fingerprint density at radius 2 is 0.889 bits per heavy atom. The van der Waals surface area contributed by atoms with Gasteiger partial charge in [-0.3, -0.25) is 0 Å². The third-order valence-electron chi connectivity index (χ3n) is 7.26. The normalized spacial score (nSPS) is 11.5. The summed E-state index contributed by atoms with van der Waals surface area (Å²) in [4.78, 5) is -0.107. The zero-order valence-electron chi connectivity index (χ0n) is 23.9. The van der Waals surface area contributed by atoms with Crippen molar-refractivity contribution in [1.29, 1.82) is 0 Å².